The van der Waals surface area contributed by atoms with Crippen LogP contribution in [0.5, 0.6) is 0 Å². The first-order valence-electron chi connectivity index (χ1n) is 6.11. The average Bonchev–Trinajstić information content (AvgIpc) is 2.85. The number of hydrogen-bond donors (Lipinski definition) is 1. The predicted octanol–water partition coefficient (Wildman–Crippen LogP) is 3.48. The Balaban J connectivity index is 2.16. The van der Waals surface area contributed by atoms with E-state index >= 15 is 0 Å². The Morgan fingerprint density at radius 3 is 2.71 bits per heavy atom. The fraction of sp³-hybridized carbons (Fsp3) is 0.333. The summed E-state index contributed by atoms with van der Waals surface area (Å²) in [5.74, 6) is 0. The maximum Gasteiger partial charge on any atom is 0.0950 e. The maximum absolute atomic E-state index is 5.17. The van der Waals surface area contributed by atoms with Gasteiger partial charge in [-0.2, -0.15) is 0 Å². The molecule has 0 amide bonds. The highest BCUT2D eigenvalue weighted by molar-refractivity contribution is 5.28. The van der Waals surface area contributed by atoms with Crippen molar-refractivity contribution in [3.63, 3.8) is 0 Å². The summed E-state index contributed by atoms with van der Waals surface area (Å²) < 4.78 is 5.17. The molecule has 2 heteroatoms. The van der Waals surface area contributed by atoms with Gasteiger partial charge in [0.15, 0.2) is 0 Å². The third-order valence-electron chi connectivity index (χ3n) is 3.08. The van der Waals surface area contributed by atoms with Gasteiger partial charge in [-0.1, -0.05) is 31.2 Å². The summed E-state index contributed by atoms with van der Waals surface area (Å²) >= 11 is 0. The molecule has 0 aliphatic heterocycles. The number of benzene rings is 1. The first kappa shape index (κ1) is 11.9. The first-order chi connectivity index (χ1) is 8.31. The van der Waals surface area contributed by atoms with E-state index in [0.717, 1.165) is 13.0 Å². The van der Waals surface area contributed by atoms with Crippen LogP contribution in [-0.4, -0.2) is 6.54 Å². The van der Waals surface area contributed by atoms with E-state index in [9.17, 15) is 0 Å². The monoisotopic (exact) mass is 229 g/mol. The van der Waals surface area contributed by atoms with Crippen molar-refractivity contribution < 1.29 is 4.42 Å². The number of rotatable bonds is 5. The lowest BCUT2D eigenvalue weighted by Gasteiger charge is -2.17. The van der Waals surface area contributed by atoms with E-state index < -0.39 is 0 Å². The van der Waals surface area contributed by atoms with Crippen molar-refractivity contribution in [3.8, 4) is 0 Å². The van der Waals surface area contributed by atoms with Crippen molar-refractivity contribution >= 4 is 0 Å². The lowest BCUT2D eigenvalue weighted by atomic mass is 9.98. The Hall–Kier alpha value is -1.54. The van der Waals surface area contributed by atoms with Crippen molar-refractivity contribution in [3.05, 3.63) is 59.5 Å². The highest BCUT2D eigenvalue weighted by atomic mass is 16.3. The van der Waals surface area contributed by atoms with Crippen LogP contribution >= 0.6 is 0 Å². The van der Waals surface area contributed by atoms with Crippen molar-refractivity contribution in [1.82, 2.24) is 5.32 Å². The summed E-state index contributed by atoms with van der Waals surface area (Å²) in [5.41, 5.74) is 3.95. The van der Waals surface area contributed by atoms with E-state index in [1.807, 2.05) is 12.3 Å². The highest BCUT2D eigenvalue weighted by Gasteiger charge is 2.13. The number of furan rings is 1. The SMILES string of the molecule is CCNC(Cc1ccccc1C)c1ccoc1. The molecule has 2 aromatic rings. The van der Waals surface area contributed by atoms with Gasteiger partial charge < -0.3 is 9.73 Å². The molecule has 0 saturated heterocycles. The van der Waals surface area contributed by atoms with E-state index in [1.54, 1.807) is 6.26 Å². The summed E-state index contributed by atoms with van der Waals surface area (Å²) in [5, 5.41) is 3.50. The minimum absolute atomic E-state index is 0.333. The average molecular weight is 229 g/mol. The Labute approximate surface area is 103 Å². The molecular weight excluding hydrogens is 210 g/mol. The first-order valence-corrected chi connectivity index (χ1v) is 6.11. The van der Waals surface area contributed by atoms with Crippen molar-refractivity contribution in [2.75, 3.05) is 6.54 Å². The minimum atomic E-state index is 0.333. The molecule has 1 unspecified atom stereocenters. The molecule has 0 fully saturated rings. The number of likely N-dealkylation sites (N-methyl/N-ethyl adjacent to an activating group) is 1. The van der Waals surface area contributed by atoms with Crippen molar-refractivity contribution in [2.24, 2.45) is 0 Å². The Morgan fingerprint density at radius 2 is 2.06 bits per heavy atom. The molecular formula is C15H19NO. The molecule has 2 rings (SSSR count). The van der Waals surface area contributed by atoms with Crippen molar-refractivity contribution in [2.45, 2.75) is 26.3 Å². The molecule has 0 spiro atoms. The van der Waals surface area contributed by atoms with Crippen LogP contribution in [0.25, 0.3) is 0 Å². The molecule has 0 bridgehead atoms. The van der Waals surface area contributed by atoms with Gasteiger partial charge in [-0.3, -0.25) is 0 Å². The normalized spacial score (nSPS) is 12.6. The summed E-state index contributed by atoms with van der Waals surface area (Å²) in [7, 11) is 0. The quantitative estimate of drug-likeness (QED) is 0.849. The molecule has 1 N–H and O–H groups in total. The van der Waals surface area contributed by atoms with E-state index in [4.69, 9.17) is 4.42 Å². The molecule has 1 aromatic carbocycles. The second-order valence-corrected chi connectivity index (χ2v) is 4.30. The van der Waals surface area contributed by atoms with Crippen LogP contribution in [0.1, 0.15) is 29.7 Å². The Morgan fingerprint density at radius 1 is 1.24 bits per heavy atom. The molecule has 0 radical (unpaired) electrons. The van der Waals surface area contributed by atoms with Gasteiger partial charge in [0, 0.05) is 11.6 Å². The van der Waals surface area contributed by atoms with Crippen LogP contribution in [0.4, 0.5) is 0 Å². The Kier molecular flexibility index (Phi) is 3.99. The predicted molar refractivity (Wildman–Crippen MR) is 70.0 cm³/mol. The van der Waals surface area contributed by atoms with Crippen LogP contribution in [0.3, 0.4) is 0 Å². The zero-order valence-corrected chi connectivity index (χ0v) is 10.4. The molecule has 0 aliphatic carbocycles. The smallest absolute Gasteiger partial charge is 0.0950 e. The second-order valence-electron chi connectivity index (χ2n) is 4.30. The summed E-state index contributed by atoms with van der Waals surface area (Å²) in [6.45, 7) is 5.25. The standard InChI is InChI=1S/C15H19NO/c1-3-16-15(14-8-9-17-11-14)10-13-7-5-4-6-12(13)2/h4-9,11,15-16H,3,10H2,1-2H3. The molecule has 0 saturated carbocycles. The lowest BCUT2D eigenvalue weighted by molar-refractivity contribution is 0.524. The van der Waals surface area contributed by atoms with Gasteiger partial charge in [0.1, 0.15) is 0 Å². The zero-order valence-electron chi connectivity index (χ0n) is 10.4. The fourth-order valence-corrected chi connectivity index (χ4v) is 2.09. The molecule has 17 heavy (non-hydrogen) atoms. The van der Waals surface area contributed by atoms with Gasteiger partial charge in [0.25, 0.3) is 0 Å². The number of nitrogens with one attached hydrogen (secondary N) is 1. The topological polar surface area (TPSA) is 25.2 Å². The number of aryl methyl sites for hydroxylation is 1. The van der Waals surface area contributed by atoms with E-state index in [1.165, 1.54) is 16.7 Å². The van der Waals surface area contributed by atoms with Gasteiger partial charge in [0.2, 0.25) is 0 Å². The second kappa shape index (κ2) is 5.69. The molecule has 0 aliphatic rings. The summed E-state index contributed by atoms with van der Waals surface area (Å²) in [6, 6.07) is 10.9. The van der Waals surface area contributed by atoms with E-state index in [-0.39, 0.29) is 0 Å². The van der Waals surface area contributed by atoms with Gasteiger partial charge >= 0.3 is 0 Å². The maximum atomic E-state index is 5.17. The van der Waals surface area contributed by atoms with Gasteiger partial charge in [0.05, 0.1) is 12.5 Å². The van der Waals surface area contributed by atoms with Gasteiger partial charge in [-0.05, 0) is 37.1 Å². The Bertz CT molecular complexity index is 448. The van der Waals surface area contributed by atoms with E-state index in [2.05, 4.69) is 43.4 Å². The summed E-state index contributed by atoms with van der Waals surface area (Å²) in [4.78, 5) is 0. The molecule has 90 valence electrons. The zero-order chi connectivity index (χ0) is 12.1. The van der Waals surface area contributed by atoms with Crippen LogP contribution < -0.4 is 5.32 Å². The third kappa shape index (κ3) is 2.98. The van der Waals surface area contributed by atoms with Gasteiger partial charge in [-0.15, -0.1) is 0 Å². The minimum Gasteiger partial charge on any atom is -0.472 e. The molecule has 1 atom stereocenters. The van der Waals surface area contributed by atoms with Gasteiger partial charge in [-0.25, -0.2) is 0 Å². The van der Waals surface area contributed by atoms with Crippen molar-refractivity contribution in [1.29, 1.82) is 0 Å². The van der Waals surface area contributed by atoms with Crippen LogP contribution in [0.2, 0.25) is 0 Å². The molecule has 2 nitrogen and oxygen atoms in total. The van der Waals surface area contributed by atoms with Crippen LogP contribution in [0, 0.1) is 6.92 Å². The molecule has 1 aromatic heterocycles. The number of hydrogen-bond acceptors (Lipinski definition) is 2. The van der Waals surface area contributed by atoms with Crippen LogP contribution in [0.15, 0.2) is 47.3 Å². The molecule has 1 heterocycles. The van der Waals surface area contributed by atoms with E-state index in [0.29, 0.717) is 6.04 Å². The lowest BCUT2D eigenvalue weighted by Crippen LogP contribution is -2.22. The fourth-order valence-electron chi connectivity index (χ4n) is 2.09. The third-order valence-corrected chi connectivity index (χ3v) is 3.08. The highest BCUT2D eigenvalue weighted by Crippen LogP contribution is 2.20. The van der Waals surface area contributed by atoms with Crippen LogP contribution in [-0.2, 0) is 6.42 Å². The largest absolute Gasteiger partial charge is 0.472 e. The summed E-state index contributed by atoms with van der Waals surface area (Å²) in [6.07, 6.45) is 4.56.